The van der Waals surface area contributed by atoms with Gasteiger partial charge in [-0.15, -0.1) is 0 Å². The zero-order valence-corrected chi connectivity index (χ0v) is 14.2. The largest absolute Gasteiger partial charge is 0.486 e. The van der Waals surface area contributed by atoms with Crippen molar-refractivity contribution in [1.82, 2.24) is 9.88 Å². The van der Waals surface area contributed by atoms with E-state index in [-0.39, 0.29) is 17.2 Å². The second kappa shape index (κ2) is 6.99. The monoisotopic (exact) mass is 387 g/mol. The molecule has 0 unspecified atom stereocenters. The minimum atomic E-state index is -2.56. The predicted molar refractivity (Wildman–Crippen MR) is 87.8 cm³/mol. The summed E-state index contributed by atoms with van der Waals surface area (Å²) in [6, 6.07) is 4.86. The minimum absolute atomic E-state index is 0.0924. The van der Waals surface area contributed by atoms with Crippen LogP contribution in [0.15, 0.2) is 34.6 Å². The lowest BCUT2D eigenvalue weighted by molar-refractivity contribution is 0.0816. The summed E-state index contributed by atoms with van der Waals surface area (Å²) in [6.45, 7) is -0.696. The van der Waals surface area contributed by atoms with E-state index in [0.717, 1.165) is 0 Å². The normalized spacial score (nSPS) is 12.0. The van der Waals surface area contributed by atoms with Crippen LogP contribution in [-0.4, -0.2) is 42.8 Å². The second-order valence-electron chi connectivity index (χ2n) is 5.13. The number of carbonyl (C=O) groups excluding carboxylic acids is 1. The van der Waals surface area contributed by atoms with Crippen molar-refractivity contribution in [2.45, 2.75) is 6.43 Å². The smallest absolute Gasteiger partial charge is 0.272 e. The Labute approximate surface area is 140 Å². The van der Waals surface area contributed by atoms with Crippen LogP contribution in [0.3, 0.4) is 0 Å². The molecule has 0 amide bonds. The van der Waals surface area contributed by atoms with Crippen molar-refractivity contribution in [3.63, 3.8) is 0 Å². The highest BCUT2D eigenvalue weighted by Crippen LogP contribution is 2.31. The molecule has 0 bridgehead atoms. The topological polar surface area (TPSA) is 71.3 Å². The van der Waals surface area contributed by atoms with Gasteiger partial charge in [-0.2, -0.15) is 0 Å². The number of rotatable bonds is 6. The van der Waals surface area contributed by atoms with E-state index >= 15 is 0 Å². The maximum atomic E-state index is 12.3. The lowest BCUT2D eigenvalue weighted by Crippen LogP contribution is -2.16. The van der Waals surface area contributed by atoms with Gasteiger partial charge in [0.15, 0.2) is 0 Å². The first kappa shape index (κ1) is 17.3. The second-order valence-corrected chi connectivity index (χ2v) is 5.99. The van der Waals surface area contributed by atoms with Crippen LogP contribution in [0.5, 0.6) is 5.75 Å². The fraction of sp³-hybridized carbons (Fsp3) is 0.267. The van der Waals surface area contributed by atoms with Crippen molar-refractivity contribution in [2.24, 2.45) is 5.73 Å². The van der Waals surface area contributed by atoms with Gasteiger partial charge in [0.05, 0.1) is 15.9 Å². The Morgan fingerprint density at radius 1 is 1.43 bits per heavy atom. The highest BCUT2D eigenvalue weighted by molar-refractivity contribution is 9.10. The van der Waals surface area contributed by atoms with Crippen LogP contribution in [0.25, 0.3) is 10.9 Å². The van der Waals surface area contributed by atoms with Crippen LogP contribution < -0.4 is 10.5 Å². The molecule has 1 aromatic carbocycles. The van der Waals surface area contributed by atoms with Crippen molar-refractivity contribution in [2.75, 3.05) is 20.7 Å². The average Bonchev–Trinajstić information content (AvgIpc) is 2.85. The molecule has 2 aromatic rings. The molecule has 124 valence electrons. The number of benzene rings is 1. The van der Waals surface area contributed by atoms with Crippen molar-refractivity contribution in [3.05, 3.63) is 40.3 Å². The summed E-state index contributed by atoms with van der Waals surface area (Å²) in [6.07, 6.45) is -1.04. The summed E-state index contributed by atoms with van der Waals surface area (Å²) in [5.41, 5.74) is 6.82. The molecule has 0 fully saturated rings. The molecular formula is C15H16BrF2N3O2. The Balaban J connectivity index is 2.33. The number of ether oxygens (including phenoxy) is 1. The number of nitrogens with zero attached hydrogens (tertiary/aromatic N) is 1. The van der Waals surface area contributed by atoms with E-state index in [1.54, 1.807) is 37.2 Å². The van der Waals surface area contributed by atoms with Crippen molar-refractivity contribution >= 4 is 32.6 Å². The van der Waals surface area contributed by atoms with E-state index < -0.39 is 13.0 Å². The van der Waals surface area contributed by atoms with Gasteiger partial charge >= 0.3 is 0 Å². The lowest BCUT2D eigenvalue weighted by atomic mass is 10.2. The highest BCUT2D eigenvalue weighted by Gasteiger charge is 2.15. The number of hydrogen-bond donors (Lipinski definition) is 2. The van der Waals surface area contributed by atoms with Crippen molar-refractivity contribution in [1.29, 1.82) is 0 Å². The quantitative estimate of drug-likeness (QED) is 0.589. The number of carbonyl (C=O) groups is 1. The average molecular weight is 388 g/mol. The van der Waals surface area contributed by atoms with Gasteiger partial charge in [-0.1, -0.05) is 0 Å². The summed E-state index contributed by atoms with van der Waals surface area (Å²) < 4.78 is 30.1. The fourth-order valence-corrected chi connectivity index (χ4v) is 2.47. The van der Waals surface area contributed by atoms with E-state index in [1.807, 2.05) is 0 Å². The van der Waals surface area contributed by atoms with Crippen LogP contribution in [-0.2, 0) is 0 Å². The lowest BCUT2D eigenvalue weighted by Gasteiger charge is -2.07. The number of halogens is 3. The maximum absolute atomic E-state index is 12.3. The van der Waals surface area contributed by atoms with Crippen molar-refractivity contribution in [3.8, 4) is 5.75 Å². The number of hydrogen-bond acceptors (Lipinski definition) is 4. The van der Waals surface area contributed by atoms with Gasteiger partial charge < -0.3 is 20.4 Å². The molecule has 0 spiro atoms. The molecule has 0 atom stereocenters. The predicted octanol–water partition coefficient (Wildman–Crippen LogP) is 3.12. The first-order chi connectivity index (χ1) is 10.8. The van der Waals surface area contributed by atoms with Gasteiger partial charge in [0, 0.05) is 31.2 Å². The summed E-state index contributed by atoms with van der Waals surface area (Å²) in [5.74, 6) is -0.0614. The number of nitrogens with two attached hydrogens (primary N) is 1. The number of Topliss-reactive ketones (excluding diaryl/α,β-unsaturated/α-hetero) is 1. The molecule has 1 aromatic heterocycles. The Morgan fingerprint density at radius 2 is 2.13 bits per heavy atom. The van der Waals surface area contributed by atoms with E-state index in [9.17, 15) is 13.6 Å². The number of H-pyrrole nitrogens is 1. The third-order valence-corrected chi connectivity index (χ3v) is 3.56. The number of aromatic amines is 1. The summed E-state index contributed by atoms with van der Waals surface area (Å²) in [5, 5.41) is 0.665. The third kappa shape index (κ3) is 4.22. The van der Waals surface area contributed by atoms with E-state index in [2.05, 4.69) is 20.9 Å². The zero-order valence-electron chi connectivity index (χ0n) is 12.6. The van der Waals surface area contributed by atoms with Gasteiger partial charge in [-0.05, 0) is 34.1 Å². The molecule has 5 nitrogen and oxygen atoms in total. The number of nitrogens with one attached hydrogen (secondary N) is 1. The number of fused-ring (bicyclic) bond motifs is 1. The van der Waals surface area contributed by atoms with Crippen LogP contribution in [0, 0.1) is 0 Å². The Morgan fingerprint density at radius 3 is 2.74 bits per heavy atom. The molecule has 23 heavy (non-hydrogen) atoms. The fourth-order valence-electron chi connectivity index (χ4n) is 2.01. The number of allylic oxidation sites excluding steroid dienone is 1. The van der Waals surface area contributed by atoms with Crippen LogP contribution in [0.2, 0.25) is 0 Å². The van der Waals surface area contributed by atoms with Crippen LogP contribution in [0.4, 0.5) is 8.78 Å². The third-order valence-electron chi connectivity index (χ3n) is 2.94. The van der Waals surface area contributed by atoms with E-state index in [4.69, 9.17) is 10.5 Å². The first-order valence-electron chi connectivity index (χ1n) is 6.69. The highest BCUT2D eigenvalue weighted by atomic mass is 79.9. The number of alkyl halides is 2. The van der Waals surface area contributed by atoms with Gasteiger partial charge in [0.2, 0.25) is 5.78 Å². The van der Waals surface area contributed by atoms with E-state index in [0.29, 0.717) is 21.1 Å². The molecule has 1 heterocycles. The molecule has 2 rings (SSSR count). The zero-order chi connectivity index (χ0) is 17.1. The molecule has 0 aliphatic rings. The standard InChI is InChI=1S/C15H16BrF2N3O2/c1-21(2)6-10(19)15(22)12-3-8-4-13(23-7-14(17)18)9(16)5-11(8)20-12/h3-6,14,20H,7,19H2,1-2H3/b10-6-. The van der Waals surface area contributed by atoms with Crippen LogP contribution in [0.1, 0.15) is 10.5 Å². The summed E-state index contributed by atoms with van der Waals surface area (Å²) in [7, 11) is 3.52. The van der Waals surface area contributed by atoms with Gasteiger partial charge in [0.25, 0.3) is 6.43 Å². The summed E-state index contributed by atoms with van der Waals surface area (Å²) in [4.78, 5) is 16.9. The summed E-state index contributed by atoms with van der Waals surface area (Å²) >= 11 is 3.26. The maximum Gasteiger partial charge on any atom is 0.272 e. The number of ketones is 1. The molecule has 0 aliphatic carbocycles. The van der Waals surface area contributed by atoms with Gasteiger partial charge in [-0.25, -0.2) is 8.78 Å². The molecule has 8 heteroatoms. The molecule has 0 aliphatic heterocycles. The molecule has 0 saturated carbocycles. The van der Waals surface area contributed by atoms with E-state index in [1.165, 1.54) is 6.20 Å². The van der Waals surface area contributed by atoms with Gasteiger partial charge in [-0.3, -0.25) is 4.79 Å². The SMILES string of the molecule is CN(C)/C=C(\N)C(=O)c1cc2cc(OCC(F)F)c(Br)cc2[nH]1. The van der Waals surface area contributed by atoms with Gasteiger partial charge in [0.1, 0.15) is 12.4 Å². The minimum Gasteiger partial charge on any atom is -0.486 e. The molecule has 0 radical (unpaired) electrons. The Bertz CT molecular complexity index is 757. The Kier molecular flexibility index (Phi) is 5.25. The molecule has 0 saturated heterocycles. The molecule has 3 N–H and O–H groups in total. The molecular weight excluding hydrogens is 372 g/mol. The first-order valence-corrected chi connectivity index (χ1v) is 7.49. The van der Waals surface area contributed by atoms with Crippen LogP contribution >= 0.6 is 15.9 Å². The Hall–Kier alpha value is -2.09. The van der Waals surface area contributed by atoms with Crippen molar-refractivity contribution < 1.29 is 18.3 Å². The number of aromatic nitrogens is 1.